The summed E-state index contributed by atoms with van der Waals surface area (Å²) in [7, 11) is 0. The van der Waals surface area contributed by atoms with Crippen molar-refractivity contribution in [1.29, 1.82) is 0 Å². The van der Waals surface area contributed by atoms with Gasteiger partial charge in [0.25, 0.3) is 0 Å². The summed E-state index contributed by atoms with van der Waals surface area (Å²) < 4.78 is 9.61. The lowest BCUT2D eigenvalue weighted by molar-refractivity contribution is 0.248. The zero-order valence-electron chi connectivity index (χ0n) is 12.8. The molecule has 1 saturated heterocycles. The van der Waals surface area contributed by atoms with E-state index in [-0.39, 0.29) is 0 Å². The van der Waals surface area contributed by atoms with E-state index in [0.717, 1.165) is 61.6 Å². The van der Waals surface area contributed by atoms with Gasteiger partial charge < -0.3 is 9.42 Å². The van der Waals surface area contributed by atoms with E-state index in [4.69, 9.17) is 4.52 Å². The molecule has 2 aromatic heterocycles. The van der Waals surface area contributed by atoms with E-state index in [1.54, 1.807) is 0 Å². The monoisotopic (exact) mass is 307 g/mol. The molecule has 0 atom stereocenters. The van der Waals surface area contributed by atoms with Gasteiger partial charge in [-0.3, -0.25) is 4.90 Å². The Kier molecular flexibility index (Phi) is 4.21. The lowest BCUT2D eigenvalue weighted by Gasteiger charge is -2.34. The van der Waals surface area contributed by atoms with E-state index in [2.05, 4.69) is 31.2 Å². The van der Waals surface area contributed by atoms with E-state index < -0.39 is 0 Å². The van der Waals surface area contributed by atoms with Gasteiger partial charge in [-0.25, -0.2) is 4.98 Å². The molecule has 1 aliphatic heterocycles. The van der Waals surface area contributed by atoms with Gasteiger partial charge in [0.2, 0.25) is 5.13 Å². The van der Waals surface area contributed by atoms with Gasteiger partial charge in [-0.1, -0.05) is 12.1 Å². The lowest BCUT2D eigenvalue weighted by atomic mass is 10.2. The average molecular weight is 307 g/mol. The molecule has 6 nitrogen and oxygen atoms in total. The van der Waals surface area contributed by atoms with Gasteiger partial charge in [0.05, 0.1) is 5.69 Å². The van der Waals surface area contributed by atoms with Crippen LogP contribution in [0.3, 0.4) is 0 Å². The summed E-state index contributed by atoms with van der Waals surface area (Å²) in [6.45, 7) is 11.1. The molecule has 114 valence electrons. The van der Waals surface area contributed by atoms with Gasteiger partial charge in [-0.15, -0.1) is 0 Å². The molecule has 0 aliphatic carbocycles. The third-order valence-electron chi connectivity index (χ3n) is 3.98. The highest BCUT2D eigenvalue weighted by molar-refractivity contribution is 7.09. The van der Waals surface area contributed by atoms with Gasteiger partial charge in [0.15, 0.2) is 0 Å². The molecule has 21 heavy (non-hydrogen) atoms. The molecule has 1 aliphatic rings. The van der Waals surface area contributed by atoms with Gasteiger partial charge in [-0.2, -0.15) is 4.37 Å². The van der Waals surface area contributed by atoms with Crippen molar-refractivity contribution < 1.29 is 4.52 Å². The van der Waals surface area contributed by atoms with Crippen LogP contribution in [0.25, 0.3) is 0 Å². The topological polar surface area (TPSA) is 58.3 Å². The second-order valence-corrected chi connectivity index (χ2v) is 6.14. The number of aromatic nitrogens is 3. The van der Waals surface area contributed by atoms with Crippen LogP contribution in [0, 0.1) is 13.8 Å². The SMILES string of the molecule is CCc1nsc(N2CCN(Cc3c(C)noc3C)CC2)n1. The van der Waals surface area contributed by atoms with Gasteiger partial charge in [0, 0.05) is 56.2 Å². The summed E-state index contributed by atoms with van der Waals surface area (Å²) in [5.74, 6) is 1.89. The molecule has 0 unspecified atom stereocenters. The number of rotatable bonds is 4. The minimum atomic E-state index is 0.905. The zero-order chi connectivity index (χ0) is 14.8. The summed E-state index contributed by atoms with van der Waals surface area (Å²) in [4.78, 5) is 9.35. The standard InChI is InChI=1S/C14H21N5OS/c1-4-13-15-14(21-17-13)19-7-5-18(6-8-19)9-12-10(2)16-20-11(12)3/h4-9H2,1-3H3. The van der Waals surface area contributed by atoms with Crippen LogP contribution in [0.4, 0.5) is 5.13 Å². The van der Waals surface area contributed by atoms with E-state index in [9.17, 15) is 0 Å². The minimum Gasteiger partial charge on any atom is -0.361 e. The Bertz CT molecular complexity index is 581. The quantitative estimate of drug-likeness (QED) is 0.861. The van der Waals surface area contributed by atoms with E-state index in [1.165, 1.54) is 17.1 Å². The van der Waals surface area contributed by atoms with Crippen molar-refractivity contribution >= 4 is 16.7 Å². The molecule has 3 rings (SSSR count). The Morgan fingerprint density at radius 1 is 1.19 bits per heavy atom. The van der Waals surface area contributed by atoms with E-state index in [1.807, 2.05) is 13.8 Å². The van der Waals surface area contributed by atoms with Crippen molar-refractivity contribution in [2.24, 2.45) is 0 Å². The smallest absolute Gasteiger partial charge is 0.205 e. The zero-order valence-corrected chi connectivity index (χ0v) is 13.6. The van der Waals surface area contributed by atoms with Crippen LogP contribution in [0.2, 0.25) is 0 Å². The molecule has 0 radical (unpaired) electrons. The number of hydrogen-bond donors (Lipinski definition) is 0. The van der Waals surface area contributed by atoms with Crippen molar-refractivity contribution in [3.05, 3.63) is 22.8 Å². The maximum Gasteiger partial charge on any atom is 0.205 e. The number of nitrogens with zero attached hydrogens (tertiary/aromatic N) is 5. The fourth-order valence-electron chi connectivity index (χ4n) is 2.57. The van der Waals surface area contributed by atoms with E-state index >= 15 is 0 Å². The number of hydrogen-bond acceptors (Lipinski definition) is 7. The minimum absolute atomic E-state index is 0.905. The van der Waals surface area contributed by atoms with Gasteiger partial charge in [-0.05, 0) is 13.8 Å². The number of anilines is 1. The fourth-order valence-corrected chi connectivity index (χ4v) is 3.37. The molecule has 0 N–H and O–H groups in total. The molecular formula is C14H21N5OS. The van der Waals surface area contributed by atoms with Crippen molar-refractivity contribution in [2.75, 3.05) is 31.1 Å². The van der Waals surface area contributed by atoms with Crippen molar-refractivity contribution in [3.8, 4) is 0 Å². The molecule has 0 saturated carbocycles. The van der Waals surface area contributed by atoms with Crippen molar-refractivity contribution in [2.45, 2.75) is 33.7 Å². The predicted molar refractivity (Wildman–Crippen MR) is 82.8 cm³/mol. The van der Waals surface area contributed by atoms with Gasteiger partial charge in [0.1, 0.15) is 11.6 Å². The highest BCUT2D eigenvalue weighted by atomic mass is 32.1. The molecule has 1 fully saturated rings. The normalized spacial score (nSPS) is 16.6. The highest BCUT2D eigenvalue weighted by Gasteiger charge is 2.21. The first-order valence-electron chi connectivity index (χ1n) is 7.39. The highest BCUT2D eigenvalue weighted by Crippen LogP contribution is 2.21. The maximum absolute atomic E-state index is 5.24. The molecule has 7 heteroatoms. The predicted octanol–water partition coefficient (Wildman–Crippen LogP) is 2.03. The summed E-state index contributed by atoms with van der Waals surface area (Å²) in [5.41, 5.74) is 2.24. The molecule has 0 aromatic carbocycles. The Morgan fingerprint density at radius 2 is 1.95 bits per heavy atom. The third kappa shape index (κ3) is 3.08. The summed E-state index contributed by atoms with van der Waals surface area (Å²) in [6, 6.07) is 0. The summed E-state index contributed by atoms with van der Waals surface area (Å²) in [6.07, 6.45) is 0.905. The van der Waals surface area contributed by atoms with E-state index in [0.29, 0.717) is 0 Å². The number of aryl methyl sites for hydroxylation is 3. The van der Waals surface area contributed by atoms with Crippen LogP contribution in [0.5, 0.6) is 0 Å². The average Bonchev–Trinajstić information content (AvgIpc) is 3.10. The third-order valence-corrected chi connectivity index (χ3v) is 4.79. The van der Waals surface area contributed by atoms with Crippen LogP contribution < -0.4 is 4.90 Å². The molecular weight excluding hydrogens is 286 g/mol. The fraction of sp³-hybridized carbons (Fsp3) is 0.643. The van der Waals surface area contributed by atoms with Crippen LogP contribution >= 0.6 is 11.5 Å². The number of piperazine rings is 1. The Labute approximate surface area is 128 Å². The first-order valence-corrected chi connectivity index (χ1v) is 8.16. The first kappa shape index (κ1) is 14.5. The molecule has 0 bridgehead atoms. The molecule has 3 heterocycles. The Hall–Kier alpha value is -1.47. The Morgan fingerprint density at radius 3 is 2.52 bits per heavy atom. The molecule has 2 aromatic rings. The first-order chi connectivity index (χ1) is 10.2. The second-order valence-electron chi connectivity index (χ2n) is 5.41. The van der Waals surface area contributed by atoms with Crippen LogP contribution in [0.1, 0.15) is 29.8 Å². The van der Waals surface area contributed by atoms with Gasteiger partial charge >= 0.3 is 0 Å². The molecule has 0 amide bonds. The summed E-state index contributed by atoms with van der Waals surface area (Å²) >= 11 is 1.51. The van der Waals surface area contributed by atoms with Crippen molar-refractivity contribution in [3.63, 3.8) is 0 Å². The Balaban J connectivity index is 1.58. The molecule has 0 spiro atoms. The summed E-state index contributed by atoms with van der Waals surface area (Å²) in [5, 5.41) is 5.09. The lowest BCUT2D eigenvalue weighted by Crippen LogP contribution is -2.46. The van der Waals surface area contributed by atoms with Crippen LogP contribution in [-0.2, 0) is 13.0 Å². The largest absolute Gasteiger partial charge is 0.361 e. The van der Waals surface area contributed by atoms with Crippen LogP contribution in [-0.4, -0.2) is 45.6 Å². The maximum atomic E-state index is 5.24. The second kappa shape index (κ2) is 6.11. The van der Waals surface area contributed by atoms with Crippen molar-refractivity contribution in [1.82, 2.24) is 19.4 Å². The van der Waals surface area contributed by atoms with Crippen LogP contribution in [0.15, 0.2) is 4.52 Å².